The van der Waals surface area contributed by atoms with Crippen LogP contribution in [-0.2, 0) is 4.79 Å². The predicted molar refractivity (Wildman–Crippen MR) is 99.8 cm³/mol. The molecule has 1 aromatic rings. The summed E-state index contributed by atoms with van der Waals surface area (Å²) in [4.78, 5) is 15.5. The molecule has 132 valence electrons. The molecule has 1 heterocycles. The van der Waals surface area contributed by atoms with Gasteiger partial charge in [-0.2, -0.15) is 0 Å². The first-order valence-corrected chi connectivity index (χ1v) is 9.90. The Morgan fingerprint density at radius 2 is 1.88 bits per heavy atom. The second kappa shape index (κ2) is 7.72. The minimum absolute atomic E-state index is 0.253. The third-order valence-electron chi connectivity index (χ3n) is 6.34. The van der Waals surface area contributed by atoms with Crippen LogP contribution in [0.15, 0.2) is 30.3 Å². The van der Waals surface area contributed by atoms with E-state index < -0.39 is 0 Å². The van der Waals surface area contributed by atoms with Crippen molar-refractivity contribution in [1.29, 1.82) is 0 Å². The van der Waals surface area contributed by atoms with E-state index in [-0.39, 0.29) is 5.92 Å². The third-order valence-corrected chi connectivity index (χ3v) is 6.34. The van der Waals surface area contributed by atoms with Crippen LogP contribution in [0.3, 0.4) is 0 Å². The second-order valence-electron chi connectivity index (χ2n) is 8.47. The largest absolute Gasteiger partial charge is 0.342 e. The summed E-state index contributed by atoms with van der Waals surface area (Å²) in [5.74, 6) is 3.10. The van der Waals surface area contributed by atoms with Crippen molar-refractivity contribution >= 4 is 5.91 Å². The van der Waals surface area contributed by atoms with Gasteiger partial charge in [-0.1, -0.05) is 57.5 Å². The number of rotatable bonds is 3. The Labute approximate surface area is 147 Å². The van der Waals surface area contributed by atoms with Crippen LogP contribution >= 0.6 is 0 Å². The number of hydrogen-bond donors (Lipinski definition) is 0. The molecule has 4 atom stereocenters. The van der Waals surface area contributed by atoms with Crippen molar-refractivity contribution < 1.29 is 4.79 Å². The van der Waals surface area contributed by atoms with Gasteiger partial charge in [0.25, 0.3) is 0 Å². The Morgan fingerprint density at radius 3 is 2.58 bits per heavy atom. The molecule has 24 heavy (non-hydrogen) atoms. The molecule has 0 radical (unpaired) electrons. The van der Waals surface area contributed by atoms with E-state index in [1.54, 1.807) is 0 Å². The molecular formula is C22H33NO. The van der Waals surface area contributed by atoms with E-state index in [0.717, 1.165) is 25.9 Å². The van der Waals surface area contributed by atoms with Crippen LogP contribution in [-0.4, -0.2) is 23.9 Å². The first kappa shape index (κ1) is 17.5. The van der Waals surface area contributed by atoms with E-state index in [4.69, 9.17) is 0 Å². The molecule has 3 rings (SSSR count). The SMILES string of the molecule is CC(C)[C@@H]1CC[C@@H](C)C[C@H]1C(=O)N1CCCC(c2ccccc2)C1. The van der Waals surface area contributed by atoms with Gasteiger partial charge >= 0.3 is 0 Å². The average Bonchev–Trinajstić information content (AvgIpc) is 2.61. The fourth-order valence-electron chi connectivity index (χ4n) is 4.90. The van der Waals surface area contributed by atoms with Crippen molar-refractivity contribution in [3.05, 3.63) is 35.9 Å². The van der Waals surface area contributed by atoms with Gasteiger partial charge in [0.15, 0.2) is 0 Å². The second-order valence-corrected chi connectivity index (χ2v) is 8.47. The van der Waals surface area contributed by atoms with E-state index in [1.165, 1.54) is 24.8 Å². The molecule has 0 aromatic heterocycles. The van der Waals surface area contributed by atoms with Gasteiger partial charge < -0.3 is 4.90 Å². The number of likely N-dealkylation sites (tertiary alicyclic amines) is 1. The quantitative estimate of drug-likeness (QED) is 0.756. The highest BCUT2D eigenvalue weighted by Crippen LogP contribution is 2.40. The summed E-state index contributed by atoms with van der Waals surface area (Å²) < 4.78 is 0. The number of nitrogens with zero attached hydrogens (tertiary/aromatic N) is 1. The van der Waals surface area contributed by atoms with Gasteiger partial charge in [0.05, 0.1) is 0 Å². The smallest absolute Gasteiger partial charge is 0.225 e. The number of piperidine rings is 1. The Kier molecular flexibility index (Phi) is 5.63. The van der Waals surface area contributed by atoms with Gasteiger partial charge in [0.2, 0.25) is 5.91 Å². The Bertz CT molecular complexity index is 538. The zero-order chi connectivity index (χ0) is 17.1. The van der Waals surface area contributed by atoms with Crippen LogP contribution in [0.25, 0.3) is 0 Å². The lowest BCUT2D eigenvalue weighted by Gasteiger charge is -2.41. The molecule has 1 aliphatic heterocycles. The minimum Gasteiger partial charge on any atom is -0.342 e. The molecule has 1 unspecified atom stereocenters. The Hall–Kier alpha value is -1.31. The number of benzene rings is 1. The molecular weight excluding hydrogens is 294 g/mol. The van der Waals surface area contributed by atoms with E-state index in [2.05, 4.69) is 56.0 Å². The van der Waals surface area contributed by atoms with Crippen LogP contribution in [0.4, 0.5) is 0 Å². The molecule has 0 N–H and O–H groups in total. The van der Waals surface area contributed by atoms with Crippen molar-refractivity contribution in [3.63, 3.8) is 0 Å². The molecule has 0 spiro atoms. The van der Waals surface area contributed by atoms with Gasteiger partial charge in [-0.15, -0.1) is 0 Å². The molecule has 0 bridgehead atoms. The zero-order valence-electron chi connectivity index (χ0n) is 15.6. The third kappa shape index (κ3) is 3.84. The number of hydrogen-bond acceptors (Lipinski definition) is 1. The molecule has 1 aliphatic carbocycles. The fraction of sp³-hybridized carbons (Fsp3) is 0.682. The summed E-state index contributed by atoms with van der Waals surface area (Å²) in [7, 11) is 0. The lowest BCUT2D eigenvalue weighted by molar-refractivity contribution is -0.141. The molecule has 2 nitrogen and oxygen atoms in total. The first-order valence-electron chi connectivity index (χ1n) is 9.90. The summed E-state index contributed by atoms with van der Waals surface area (Å²) in [6.07, 6.45) is 5.96. The summed E-state index contributed by atoms with van der Waals surface area (Å²) in [6.45, 7) is 8.78. The van der Waals surface area contributed by atoms with E-state index in [1.807, 2.05) is 0 Å². The summed E-state index contributed by atoms with van der Waals surface area (Å²) in [5, 5.41) is 0. The van der Waals surface area contributed by atoms with E-state index in [9.17, 15) is 4.79 Å². The van der Waals surface area contributed by atoms with Crippen LogP contribution in [0.5, 0.6) is 0 Å². The van der Waals surface area contributed by atoms with Gasteiger partial charge in [-0.25, -0.2) is 0 Å². The van der Waals surface area contributed by atoms with Crippen molar-refractivity contribution in [2.45, 2.75) is 58.8 Å². The average molecular weight is 328 g/mol. The van der Waals surface area contributed by atoms with Crippen molar-refractivity contribution in [1.82, 2.24) is 4.90 Å². The molecule has 1 amide bonds. The maximum absolute atomic E-state index is 13.3. The summed E-state index contributed by atoms with van der Waals surface area (Å²) in [6, 6.07) is 10.8. The standard InChI is InChI=1S/C22H33NO/c1-16(2)20-12-11-17(3)14-21(20)22(24)23-13-7-10-19(15-23)18-8-5-4-6-9-18/h4-6,8-9,16-17,19-21H,7,10-15H2,1-3H3/t17-,19?,20+,21-/m1/s1. The first-order chi connectivity index (χ1) is 11.6. The van der Waals surface area contributed by atoms with Gasteiger partial charge in [-0.3, -0.25) is 4.79 Å². The molecule has 1 saturated carbocycles. The molecule has 2 heteroatoms. The van der Waals surface area contributed by atoms with Crippen LogP contribution in [0, 0.1) is 23.7 Å². The topological polar surface area (TPSA) is 20.3 Å². The maximum atomic E-state index is 13.3. The zero-order valence-corrected chi connectivity index (χ0v) is 15.6. The maximum Gasteiger partial charge on any atom is 0.225 e. The van der Waals surface area contributed by atoms with Crippen LogP contribution in [0.1, 0.15) is 64.4 Å². The number of carbonyl (C=O) groups excluding carboxylic acids is 1. The Balaban J connectivity index is 1.71. The molecule has 2 fully saturated rings. The highest BCUT2D eigenvalue weighted by atomic mass is 16.2. The predicted octanol–water partition coefficient (Wildman–Crippen LogP) is 5.10. The number of carbonyl (C=O) groups is 1. The van der Waals surface area contributed by atoms with Crippen LogP contribution in [0.2, 0.25) is 0 Å². The molecule has 1 aromatic carbocycles. The lowest BCUT2D eigenvalue weighted by atomic mass is 9.69. The van der Waals surface area contributed by atoms with Gasteiger partial charge in [-0.05, 0) is 49.0 Å². The summed E-state index contributed by atoms with van der Waals surface area (Å²) in [5.41, 5.74) is 1.40. The highest BCUT2D eigenvalue weighted by molar-refractivity contribution is 5.79. The van der Waals surface area contributed by atoms with E-state index in [0.29, 0.717) is 29.6 Å². The van der Waals surface area contributed by atoms with E-state index >= 15 is 0 Å². The summed E-state index contributed by atoms with van der Waals surface area (Å²) >= 11 is 0. The van der Waals surface area contributed by atoms with Crippen molar-refractivity contribution in [2.24, 2.45) is 23.7 Å². The van der Waals surface area contributed by atoms with Crippen molar-refractivity contribution in [2.75, 3.05) is 13.1 Å². The van der Waals surface area contributed by atoms with Crippen LogP contribution < -0.4 is 0 Å². The number of amides is 1. The lowest BCUT2D eigenvalue weighted by Crippen LogP contribution is -2.46. The molecule has 2 aliphatic rings. The minimum atomic E-state index is 0.253. The fourth-order valence-corrected chi connectivity index (χ4v) is 4.90. The highest BCUT2D eigenvalue weighted by Gasteiger charge is 2.38. The van der Waals surface area contributed by atoms with Gasteiger partial charge in [0.1, 0.15) is 0 Å². The van der Waals surface area contributed by atoms with Crippen molar-refractivity contribution in [3.8, 4) is 0 Å². The normalized spacial score (nSPS) is 31.2. The Morgan fingerprint density at radius 1 is 1.12 bits per heavy atom. The monoisotopic (exact) mass is 327 g/mol. The van der Waals surface area contributed by atoms with Gasteiger partial charge in [0, 0.05) is 24.9 Å². The molecule has 1 saturated heterocycles.